The molecule has 0 bridgehead atoms. The van der Waals surface area contributed by atoms with Gasteiger partial charge in [-0.3, -0.25) is 9.48 Å². The Morgan fingerprint density at radius 1 is 1.18 bits per heavy atom. The lowest BCUT2D eigenvalue weighted by molar-refractivity contribution is -0.132. The van der Waals surface area contributed by atoms with Gasteiger partial charge in [0.2, 0.25) is 5.91 Å². The molecule has 1 aliphatic rings. The van der Waals surface area contributed by atoms with Crippen LogP contribution in [0.1, 0.15) is 0 Å². The highest BCUT2D eigenvalue weighted by Crippen LogP contribution is 2.30. The smallest absolute Gasteiger partial charge is 0.244 e. The van der Waals surface area contributed by atoms with Gasteiger partial charge in [0.1, 0.15) is 17.4 Å². The van der Waals surface area contributed by atoms with Crippen molar-refractivity contribution in [2.75, 3.05) is 38.2 Å². The first-order valence-electron chi connectivity index (χ1n) is 8.89. The molecule has 0 saturated carbocycles. The fourth-order valence-electron chi connectivity index (χ4n) is 3.39. The Balaban J connectivity index is 1.40. The zero-order valence-corrected chi connectivity index (χ0v) is 16.8. The molecule has 1 aromatic carbocycles. The number of carbonyl (C=O) groups excluding carboxylic acids is 1. The van der Waals surface area contributed by atoms with Crippen molar-refractivity contribution in [2.24, 2.45) is 0 Å². The zero-order chi connectivity index (χ0) is 19.7. The number of aromatic nitrogens is 3. The van der Waals surface area contributed by atoms with Gasteiger partial charge in [0.15, 0.2) is 0 Å². The minimum atomic E-state index is 0.0336. The van der Waals surface area contributed by atoms with Crippen molar-refractivity contribution in [1.82, 2.24) is 19.7 Å². The number of pyridine rings is 1. The Labute approximate surface area is 172 Å². The normalized spacial score (nSPS) is 14.5. The first-order valence-corrected chi connectivity index (χ1v) is 9.64. The molecule has 1 amide bonds. The number of nitrogens with zero attached hydrogens (tertiary/aromatic N) is 5. The Kier molecular flexibility index (Phi) is 5.28. The highest BCUT2D eigenvalue weighted by molar-refractivity contribution is 6.34. The van der Waals surface area contributed by atoms with Gasteiger partial charge in [-0.1, -0.05) is 23.2 Å². The number of fused-ring (bicyclic) bond motifs is 1. The molecule has 1 fully saturated rings. The monoisotopic (exact) mass is 419 g/mol. The molecule has 3 aromatic rings. The van der Waals surface area contributed by atoms with Crippen molar-refractivity contribution in [1.29, 1.82) is 0 Å². The first kappa shape index (κ1) is 18.8. The van der Waals surface area contributed by atoms with Crippen molar-refractivity contribution in [3.8, 4) is 5.75 Å². The van der Waals surface area contributed by atoms with Crippen LogP contribution in [-0.2, 0) is 11.3 Å². The SMILES string of the molecule is COc1cc(N2CCN(C(=O)Cn3ncc4c(Cl)nccc43)CC2)ccc1Cl. The minimum absolute atomic E-state index is 0.0336. The van der Waals surface area contributed by atoms with Gasteiger partial charge in [0.05, 0.1) is 29.2 Å². The van der Waals surface area contributed by atoms with Crippen LogP contribution >= 0.6 is 23.2 Å². The fraction of sp³-hybridized carbons (Fsp3) is 0.316. The molecule has 4 rings (SSSR count). The Morgan fingerprint density at radius 3 is 2.71 bits per heavy atom. The van der Waals surface area contributed by atoms with Gasteiger partial charge in [-0.25, -0.2) is 4.98 Å². The Hall–Kier alpha value is -2.51. The maximum atomic E-state index is 12.7. The van der Waals surface area contributed by atoms with Crippen LogP contribution < -0.4 is 9.64 Å². The average molecular weight is 420 g/mol. The predicted octanol–water partition coefficient (Wildman–Crippen LogP) is 3.10. The molecule has 0 atom stereocenters. The van der Waals surface area contributed by atoms with Crippen LogP contribution in [0.2, 0.25) is 10.2 Å². The summed E-state index contributed by atoms with van der Waals surface area (Å²) in [6, 6.07) is 7.53. The van der Waals surface area contributed by atoms with Crippen LogP contribution in [0, 0.1) is 0 Å². The van der Waals surface area contributed by atoms with Crippen molar-refractivity contribution in [3.63, 3.8) is 0 Å². The number of hydrogen-bond acceptors (Lipinski definition) is 5. The van der Waals surface area contributed by atoms with E-state index >= 15 is 0 Å². The number of methoxy groups -OCH3 is 1. The lowest BCUT2D eigenvalue weighted by Crippen LogP contribution is -2.49. The number of halogens is 2. The molecule has 2 aromatic heterocycles. The second kappa shape index (κ2) is 7.85. The summed E-state index contributed by atoms with van der Waals surface area (Å²) in [6.07, 6.45) is 3.26. The number of rotatable bonds is 4. The van der Waals surface area contributed by atoms with E-state index in [1.54, 1.807) is 24.2 Å². The van der Waals surface area contributed by atoms with E-state index in [2.05, 4.69) is 15.0 Å². The van der Waals surface area contributed by atoms with E-state index in [-0.39, 0.29) is 12.5 Å². The van der Waals surface area contributed by atoms with Gasteiger partial charge >= 0.3 is 0 Å². The summed E-state index contributed by atoms with van der Waals surface area (Å²) in [5.41, 5.74) is 1.84. The van der Waals surface area contributed by atoms with E-state index in [9.17, 15) is 4.79 Å². The standard InChI is InChI=1S/C19H19Cl2N5O2/c1-28-17-10-13(2-3-15(17)20)24-6-8-25(9-7-24)18(27)12-26-16-4-5-22-19(21)14(16)11-23-26/h2-5,10-11H,6-9,12H2,1H3. The minimum Gasteiger partial charge on any atom is -0.495 e. The molecule has 0 radical (unpaired) electrons. The first-order chi connectivity index (χ1) is 13.6. The predicted molar refractivity (Wildman–Crippen MR) is 109 cm³/mol. The Bertz CT molecular complexity index is 1010. The molecule has 28 heavy (non-hydrogen) atoms. The summed E-state index contributed by atoms with van der Waals surface area (Å²) >= 11 is 12.2. The highest BCUT2D eigenvalue weighted by atomic mass is 35.5. The molecule has 3 heterocycles. The molecule has 0 aliphatic carbocycles. The maximum absolute atomic E-state index is 12.7. The van der Waals surface area contributed by atoms with Gasteiger partial charge in [-0.05, 0) is 18.2 Å². The van der Waals surface area contributed by atoms with Crippen molar-refractivity contribution in [3.05, 3.63) is 46.8 Å². The third-order valence-electron chi connectivity index (χ3n) is 4.94. The van der Waals surface area contributed by atoms with Gasteiger partial charge in [0.25, 0.3) is 0 Å². The molecule has 7 nitrogen and oxygen atoms in total. The van der Waals surface area contributed by atoms with Crippen LogP contribution in [-0.4, -0.2) is 58.9 Å². The van der Waals surface area contributed by atoms with E-state index in [4.69, 9.17) is 27.9 Å². The van der Waals surface area contributed by atoms with E-state index < -0.39 is 0 Å². The second-order valence-corrected chi connectivity index (χ2v) is 7.29. The molecule has 0 spiro atoms. The summed E-state index contributed by atoms with van der Waals surface area (Å²) in [6.45, 7) is 2.95. The summed E-state index contributed by atoms with van der Waals surface area (Å²) in [5.74, 6) is 0.683. The van der Waals surface area contributed by atoms with E-state index in [0.717, 1.165) is 29.7 Å². The summed E-state index contributed by atoms with van der Waals surface area (Å²) in [7, 11) is 1.60. The Morgan fingerprint density at radius 2 is 1.96 bits per heavy atom. The van der Waals surface area contributed by atoms with Crippen LogP contribution in [0.15, 0.2) is 36.7 Å². The average Bonchev–Trinajstić information content (AvgIpc) is 3.13. The third kappa shape index (κ3) is 3.59. The largest absolute Gasteiger partial charge is 0.495 e. The molecule has 9 heteroatoms. The number of carbonyl (C=O) groups is 1. The molecule has 0 N–H and O–H groups in total. The highest BCUT2D eigenvalue weighted by Gasteiger charge is 2.23. The van der Waals surface area contributed by atoms with Crippen molar-refractivity contribution < 1.29 is 9.53 Å². The number of benzene rings is 1. The van der Waals surface area contributed by atoms with Crippen LogP contribution in [0.5, 0.6) is 5.75 Å². The molecule has 1 saturated heterocycles. The number of ether oxygens (including phenoxy) is 1. The molecular formula is C19H19Cl2N5O2. The van der Waals surface area contributed by atoms with Crippen LogP contribution in [0.4, 0.5) is 5.69 Å². The summed E-state index contributed by atoms with van der Waals surface area (Å²) in [5, 5.41) is 6.01. The summed E-state index contributed by atoms with van der Waals surface area (Å²) in [4.78, 5) is 20.9. The zero-order valence-electron chi connectivity index (χ0n) is 15.3. The fourth-order valence-corrected chi connectivity index (χ4v) is 3.78. The van der Waals surface area contributed by atoms with E-state index in [1.807, 2.05) is 29.2 Å². The third-order valence-corrected chi connectivity index (χ3v) is 5.55. The lowest BCUT2D eigenvalue weighted by atomic mass is 10.2. The van der Waals surface area contributed by atoms with E-state index in [0.29, 0.717) is 29.0 Å². The van der Waals surface area contributed by atoms with Gasteiger partial charge in [-0.2, -0.15) is 5.10 Å². The van der Waals surface area contributed by atoms with Gasteiger partial charge < -0.3 is 14.5 Å². The number of anilines is 1. The molecule has 146 valence electrons. The lowest BCUT2D eigenvalue weighted by Gasteiger charge is -2.36. The van der Waals surface area contributed by atoms with Crippen molar-refractivity contribution in [2.45, 2.75) is 6.54 Å². The molecular weight excluding hydrogens is 401 g/mol. The second-order valence-electron chi connectivity index (χ2n) is 6.52. The van der Waals surface area contributed by atoms with Crippen LogP contribution in [0.3, 0.4) is 0 Å². The summed E-state index contributed by atoms with van der Waals surface area (Å²) < 4.78 is 6.96. The molecule has 0 unspecified atom stereocenters. The van der Waals surface area contributed by atoms with Crippen molar-refractivity contribution >= 4 is 45.7 Å². The maximum Gasteiger partial charge on any atom is 0.244 e. The number of piperazine rings is 1. The number of hydrogen-bond donors (Lipinski definition) is 0. The van der Waals surface area contributed by atoms with Crippen LogP contribution in [0.25, 0.3) is 10.9 Å². The van der Waals surface area contributed by atoms with E-state index in [1.165, 1.54) is 0 Å². The quantitative estimate of drug-likeness (QED) is 0.607. The molecule has 1 aliphatic heterocycles. The topological polar surface area (TPSA) is 63.5 Å². The van der Waals surface area contributed by atoms with Gasteiger partial charge in [0, 0.05) is 44.1 Å². The number of amides is 1. The van der Waals surface area contributed by atoms with Gasteiger partial charge in [-0.15, -0.1) is 0 Å².